The number of nitrogens with zero attached hydrogens (tertiary/aromatic N) is 2. The number of fused-ring (bicyclic) bond motifs is 1. The minimum absolute atomic E-state index is 0.198. The molecule has 3 rings (SSSR count). The normalized spacial score (nSPS) is 32.8. The van der Waals surface area contributed by atoms with Gasteiger partial charge in [0.2, 0.25) is 5.89 Å². The molecule has 4 heteroatoms. The van der Waals surface area contributed by atoms with Crippen LogP contribution in [0.25, 0.3) is 0 Å². The molecule has 2 aliphatic rings. The van der Waals surface area contributed by atoms with Gasteiger partial charge in [-0.1, -0.05) is 37.8 Å². The SMILES string of the molecule is CC(CN)c1noc(C2CCC3CCCCC3C2)n1. The van der Waals surface area contributed by atoms with Gasteiger partial charge in [0.15, 0.2) is 5.82 Å². The van der Waals surface area contributed by atoms with Crippen LogP contribution in [0.5, 0.6) is 0 Å². The Balaban J connectivity index is 1.67. The smallest absolute Gasteiger partial charge is 0.229 e. The lowest BCUT2D eigenvalue weighted by Gasteiger charge is -2.38. The molecule has 1 heterocycles. The summed E-state index contributed by atoms with van der Waals surface area (Å²) in [7, 11) is 0. The summed E-state index contributed by atoms with van der Waals surface area (Å²) in [6.07, 6.45) is 9.51. The van der Waals surface area contributed by atoms with E-state index in [1.54, 1.807) is 0 Å². The third-order valence-corrected chi connectivity index (χ3v) is 5.14. The van der Waals surface area contributed by atoms with E-state index in [1.165, 1.54) is 44.9 Å². The highest BCUT2D eigenvalue weighted by molar-refractivity contribution is 5.01. The van der Waals surface area contributed by atoms with E-state index < -0.39 is 0 Å². The summed E-state index contributed by atoms with van der Waals surface area (Å²) >= 11 is 0. The van der Waals surface area contributed by atoms with Crippen molar-refractivity contribution in [1.29, 1.82) is 0 Å². The van der Waals surface area contributed by atoms with Gasteiger partial charge >= 0.3 is 0 Å². The van der Waals surface area contributed by atoms with Gasteiger partial charge in [-0.2, -0.15) is 4.98 Å². The number of hydrogen-bond acceptors (Lipinski definition) is 4. The zero-order valence-electron chi connectivity index (χ0n) is 11.8. The van der Waals surface area contributed by atoms with Crippen molar-refractivity contribution in [2.24, 2.45) is 17.6 Å². The van der Waals surface area contributed by atoms with Crippen LogP contribution in [-0.2, 0) is 0 Å². The third kappa shape index (κ3) is 2.69. The molecule has 1 aromatic rings. The molecule has 2 fully saturated rings. The number of nitrogens with two attached hydrogens (primary N) is 1. The first-order valence-corrected chi connectivity index (χ1v) is 7.81. The molecule has 1 aromatic heterocycles. The Morgan fingerprint density at radius 2 is 2.00 bits per heavy atom. The van der Waals surface area contributed by atoms with Crippen LogP contribution < -0.4 is 5.73 Å². The van der Waals surface area contributed by atoms with Crippen LogP contribution in [0.15, 0.2) is 4.52 Å². The van der Waals surface area contributed by atoms with E-state index in [1.807, 2.05) is 6.92 Å². The van der Waals surface area contributed by atoms with Gasteiger partial charge in [-0.3, -0.25) is 0 Å². The van der Waals surface area contributed by atoms with Gasteiger partial charge in [-0.25, -0.2) is 0 Å². The van der Waals surface area contributed by atoms with Crippen molar-refractivity contribution in [2.45, 2.75) is 63.7 Å². The molecule has 0 amide bonds. The molecule has 0 bridgehead atoms. The number of hydrogen-bond donors (Lipinski definition) is 1. The van der Waals surface area contributed by atoms with E-state index in [0.717, 1.165) is 23.6 Å². The molecule has 4 unspecified atom stereocenters. The Morgan fingerprint density at radius 3 is 2.79 bits per heavy atom. The van der Waals surface area contributed by atoms with E-state index >= 15 is 0 Å². The molecule has 2 N–H and O–H groups in total. The van der Waals surface area contributed by atoms with E-state index in [9.17, 15) is 0 Å². The van der Waals surface area contributed by atoms with Gasteiger partial charge in [0.25, 0.3) is 0 Å². The fourth-order valence-corrected chi connectivity index (χ4v) is 3.82. The highest BCUT2D eigenvalue weighted by Gasteiger charge is 2.35. The Morgan fingerprint density at radius 1 is 1.21 bits per heavy atom. The molecule has 19 heavy (non-hydrogen) atoms. The molecule has 0 aromatic carbocycles. The van der Waals surface area contributed by atoms with Crippen LogP contribution in [0, 0.1) is 11.8 Å². The van der Waals surface area contributed by atoms with Crippen LogP contribution in [0.1, 0.15) is 75.4 Å². The van der Waals surface area contributed by atoms with Crippen molar-refractivity contribution in [3.05, 3.63) is 11.7 Å². The van der Waals surface area contributed by atoms with Crippen LogP contribution in [0.2, 0.25) is 0 Å². The molecular formula is C15H25N3O. The fourth-order valence-electron chi connectivity index (χ4n) is 3.82. The summed E-state index contributed by atoms with van der Waals surface area (Å²) in [6.45, 7) is 2.63. The Hall–Kier alpha value is -0.900. The maximum absolute atomic E-state index is 5.66. The van der Waals surface area contributed by atoms with Crippen LogP contribution in [-0.4, -0.2) is 16.7 Å². The number of aromatic nitrogens is 2. The van der Waals surface area contributed by atoms with Crippen molar-refractivity contribution < 1.29 is 4.52 Å². The average Bonchev–Trinajstić information content (AvgIpc) is 2.95. The van der Waals surface area contributed by atoms with E-state index in [4.69, 9.17) is 10.3 Å². The predicted molar refractivity (Wildman–Crippen MR) is 73.8 cm³/mol. The van der Waals surface area contributed by atoms with Gasteiger partial charge < -0.3 is 10.3 Å². The molecule has 0 radical (unpaired) electrons. The zero-order valence-corrected chi connectivity index (χ0v) is 11.8. The highest BCUT2D eigenvalue weighted by Crippen LogP contribution is 2.45. The fraction of sp³-hybridized carbons (Fsp3) is 0.867. The standard InChI is InChI=1S/C15H25N3O/c1-10(9-16)14-17-15(19-18-14)13-7-6-11-4-2-3-5-12(11)8-13/h10-13H,2-9,16H2,1H3. The van der Waals surface area contributed by atoms with Crippen molar-refractivity contribution in [1.82, 2.24) is 10.1 Å². The highest BCUT2D eigenvalue weighted by atomic mass is 16.5. The lowest BCUT2D eigenvalue weighted by molar-refractivity contribution is 0.142. The van der Waals surface area contributed by atoms with Gasteiger partial charge in [0, 0.05) is 18.4 Å². The quantitative estimate of drug-likeness (QED) is 0.909. The molecule has 2 saturated carbocycles. The maximum Gasteiger partial charge on any atom is 0.229 e. The molecule has 106 valence electrons. The first kappa shape index (κ1) is 13.1. The average molecular weight is 263 g/mol. The summed E-state index contributed by atoms with van der Waals surface area (Å²) in [6, 6.07) is 0. The van der Waals surface area contributed by atoms with E-state index in [-0.39, 0.29) is 5.92 Å². The van der Waals surface area contributed by atoms with E-state index in [2.05, 4.69) is 10.1 Å². The Kier molecular flexibility index (Phi) is 3.87. The molecule has 0 spiro atoms. The largest absolute Gasteiger partial charge is 0.339 e. The van der Waals surface area contributed by atoms with Crippen LogP contribution in [0.3, 0.4) is 0 Å². The van der Waals surface area contributed by atoms with Gasteiger partial charge in [-0.05, 0) is 31.1 Å². The topological polar surface area (TPSA) is 64.9 Å². The second kappa shape index (κ2) is 5.61. The third-order valence-electron chi connectivity index (χ3n) is 5.14. The number of rotatable bonds is 3. The van der Waals surface area contributed by atoms with Crippen molar-refractivity contribution in [3.8, 4) is 0 Å². The van der Waals surface area contributed by atoms with Crippen molar-refractivity contribution in [3.63, 3.8) is 0 Å². The minimum atomic E-state index is 0.198. The summed E-state index contributed by atoms with van der Waals surface area (Å²) in [4.78, 5) is 4.58. The van der Waals surface area contributed by atoms with Crippen molar-refractivity contribution >= 4 is 0 Å². The van der Waals surface area contributed by atoms with Crippen LogP contribution >= 0.6 is 0 Å². The minimum Gasteiger partial charge on any atom is -0.339 e. The first-order chi connectivity index (χ1) is 9.28. The van der Waals surface area contributed by atoms with Gasteiger partial charge in [-0.15, -0.1) is 0 Å². The maximum atomic E-state index is 5.66. The molecule has 2 aliphatic carbocycles. The molecular weight excluding hydrogens is 238 g/mol. The molecule has 4 atom stereocenters. The lowest BCUT2D eigenvalue weighted by Crippen LogP contribution is -2.27. The second-order valence-corrected chi connectivity index (χ2v) is 6.44. The Labute approximate surface area is 115 Å². The second-order valence-electron chi connectivity index (χ2n) is 6.44. The summed E-state index contributed by atoms with van der Waals surface area (Å²) in [5, 5.41) is 4.10. The zero-order chi connectivity index (χ0) is 13.2. The van der Waals surface area contributed by atoms with Crippen molar-refractivity contribution in [2.75, 3.05) is 6.54 Å². The molecule has 4 nitrogen and oxygen atoms in total. The first-order valence-electron chi connectivity index (χ1n) is 7.81. The summed E-state index contributed by atoms with van der Waals surface area (Å²) in [5.41, 5.74) is 5.66. The van der Waals surface area contributed by atoms with Gasteiger partial charge in [0.05, 0.1) is 0 Å². The molecule has 0 saturated heterocycles. The summed E-state index contributed by atoms with van der Waals surface area (Å²) < 4.78 is 5.49. The lowest BCUT2D eigenvalue weighted by atomic mass is 9.67. The summed E-state index contributed by atoms with van der Waals surface area (Å²) in [5.74, 6) is 4.20. The predicted octanol–water partition coefficient (Wildman–Crippen LogP) is 3.21. The van der Waals surface area contributed by atoms with Crippen LogP contribution in [0.4, 0.5) is 0 Å². The monoisotopic (exact) mass is 263 g/mol. The Bertz CT molecular complexity index is 417. The van der Waals surface area contributed by atoms with Gasteiger partial charge in [0.1, 0.15) is 0 Å². The van der Waals surface area contributed by atoms with E-state index in [0.29, 0.717) is 12.5 Å². The molecule has 0 aliphatic heterocycles.